The van der Waals surface area contributed by atoms with Crippen molar-refractivity contribution in [1.82, 2.24) is 4.98 Å². The van der Waals surface area contributed by atoms with Crippen molar-refractivity contribution in [2.24, 2.45) is 0 Å². The van der Waals surface area contributed by atoms with Gasteiger partial charge in [-0.1, -0.05) is 54.6 Å². The molecule has 4 aromatic rings. The summed E-state index contributed by atoms with van der Waals surface area (Å²) in [6, 6.07) is 23.4. The first kappa shape index (κ1) is 20.3. The Morgan fingerprint density at radius 2 is 1.65 bits per heavy atom. The van der Waals surface area contributed by atoms with Gasteiger partial charge in [-0.15, -0.1) is 11.3 Å². The van der Waals surface area contributed by atoms with Gasteiger partial charge in [-0.25, -0.2) is 9.78 Å². The molecule has 2 N–H and O–H groups in total. The van der Waals surface area contributed by atoms with Gasteiger partial charge in [-0.05, 0) is 42.0 Å². The molecule has 0 saturated heterocycles. The summed E-state index contributed by atoms with van der Waals surface area (Å²) in [5, 5.41) is 14.8. The molecule has 0 saturated carbocycles. The molecule has 0 fully saturated rings. The highest BCUT2D eigenvalue weighted by Crippen LogP contribution is 2.23. The van der Waals surface area contributed by atoms with Crippen molar-refractivity contribution in [3.8, 4) is 11.3 Å². The second-order valence-electron chi connectivity index (χ2n) is 6.74. The molecule has 1 aromatic heterocycles. The third kappa shape index (κ3) is 5.12. The van der Waals surface area contributed by atoms with E-state index < -0.39 is 5.97 Å². The molecule has 152 valence electrons. The number of amides is 1. The highest BCUT2D eigenvalue weighted by Gasteiger charge is 2.10. The molecule has 1 heterocycles. The number of hydrogen-bond donors (Lipinski definition) is 2. The van der Waals surface area contributed by atoms with Crippen molar-refractivity contribution >= 4 is 41.1 Å². The lowest BCUT2D eigenvalue weighted by atomic mass is 10.1. The number of nitrogens with one attached hydrogen (secondary N) is 1. The molecule has 5 nitrogen and oxygen atoms in total. The lowest BCUT2D eigenvalue weighted by Gasteiger charge is -2.07. The molecule has 1 amide bonds. The summed E-state index contributed by atoms with van der Waals surface area (Å²) in [4.78, 5) is 28.2. The Bertz CT molecular complexity index is 1260. The van der Waals surface area contributed by atoms with Gasteiger partial charge < -0.3 is 10.4 Å². The third-order valence-corrected chi connectivity index (χ3v) is 5.34. The fourth-order valence-electron chi connectivity index (χ4n) is 2.99. The largest absolute Gasteiger partial charge is 0.478 e. The number of aromatic nitrogens is 1. The molecule has 0 aliphatic carbocycles. The van der Waals surface area contributed by atoms with Crippen LogP contribution in [0.1, 0.15) is 31.3 Å². The maximum Gasteiger partial charge on any atom is 0.335 e. The zero-order chi connectivity index (χ0) is 21.6. The van der Waals surface area contributed by atoms with E-state index in [1.807, 2.05) is 66.1 Å². The number of carbonyl (C=O) groups is 2. The fraction of sp³-hybridized carbons (Fsp3) is 0. The molecule has 0 radical (unpaired) electrons. The van der Waals surface area contributed by atoms with Crippen LogP contribution in [0.4, 0.5) is 5.69 Å². The van der Waals surface area contributed by atoms with E-state index in [0.717, 1.165) is 21.8 Å². The normalized spacial score (nSPS) is 10.8. The van der Waals surface area contributed by atoms with Crippen LogP contribution in [0.2, 0.25) is 0 Å². The van der Waals surface area contributed by atoms with Gasteiger partial charge in [-0.3, -0.25) is 4.79 Å². The second-order valence-corrected chi connectivity index (χ2v) is 7.63. The Balaban J connectivity index is 1.46. The van der Waals surface area contributed by atoms with Gasteiger partial charge in [0.05, 0.1) is 11.3 Å². The van der Waals surface area contributed by atoms with E-state index in [2.05, 4.69) is 10.3 Å². The minimum atomic E-state index is -1.07. The van der Waals surface area contributed by atoms with Gasteiger partial charge in [0.2, 0.25) is 0 Å². The van der Waals surface area contributed by atoms with E-state index in [0.29, 0.717) is 5.69 Å². The first-order valence-electron chi connectivity index (χ1n) is 9.52. The molecular weight excluding hydrogens is 408 g/mol. The van der Waals surface area contributed by atoms with Crippen LogP contribution in [0.15, 0.2) is 84.2 Å². The predicted octanol–water partition coefficient (Wildman–Crippen LogP) is 5.93. The van der Waals surface area contributed by atoms with E-state index in [1.54, 1.807) is 29.5 Å². The Morgan fingerprint density at radius 3 is 2.45 bits per heavy atom. The number of nitrogens with zero attached hydrogens (tertiary/aromatic N) is 1. The van der Waals surface area contributed by atoms with Crippen molar-refractivity contribution in [1.29, 1.82) is 0 Å². The minimum absolute atomic E-state index is 0.0719. The molecule has 0 atom stereocenters. The number of carbonyl (C=O) groups excluding carboxylic acids is 1. The molecule has 0 unspecified atom stereocenters. The Hall–Kier alpha value is -4.03. The molecule has 6 heteroatoms. The van der Waals surface area contributed by atoms with E-state index >= 15 is 0 Å². The summed E-state index contributed by atoms with van der Waals surface area (Å²) in [6.45, 7) is 0. The average molecular weight is 426 g/mol. The number of carboxylic acid groups (broad SMARTS) is 1. The molecule has 0 aliphatic heterocycles. The minimum Gasteiger partial charge on any atom is -0.478 e. The van der Waals surface area contributed by atoms with Crippen LogP contribution in [0.5, 0.6) is 0 Å². The number of thiazole rings is 1. The quantitative estimate of drug-likeness (QED) is 0.400. The van der Waals surface area contributed by atoms with E-state index in [9.17, 15) is 9.59 Å². The number of rotatable bonds is 6. The van der Waals surface area contributed by atoms with Gasteiger partial charge in [-0.2, -0.15) is 0 Å². The zero-order valence-electron chi connectivity index (χ0n) is 16.4. The highest BCUT2D eigenvalue weighted by atomic mass is 32.1. The first-order valence-corrected chi connectivity index (χ1v) is 10.4. The number of carboxylic acids is 1. The van der Waals surface area contributed by atoms with Crippen LogP contribution >= 0.6 is 11.3 Å². The van der Waals surface area contributed by atoms with Gasteiger partial charge in [0.1, 0.15) is 5.01 Å². The number of anilines is 1. The lowest BCUT2D eigenvalue weighted by Crippen LogP contribution is -2.12. The van der Waals surface area contributed by atoms with Gasteiger partial charge >= 0.3 is 5.97 Å². The van der Waals surface area contributed by atoms with E-state index in [1.165, 1.54) is 12.1 Å². The number of aromatic carboxylic acids is 1. The predicted molar refractivity (Wildman–Crippen MR) is 124 cm³/mol. The van der Waals surface area contributed by atoms with Gasteiger partial charge in [0.25, 0.3) is 5.91 Å². The van der Waals surface area contributed by atoms with Crippen LogP contribution in [0, 0.1) is 0 Å². The van der Waals surface area contributed by atoms with Crippen LogP contribution in [-0.2, 0) is 0 Å². The van der Waals surface area contributed by atoms with Crippen molar-refractivity contribution in [2.45, 2.75) is 0 Å². The fourth-order valence-corrected chi connectivity index (χ4v) is 3.71. The topological polar surface area (TPSA) is 79.3 Å². The molecule has 0 spiro atoms. The van der Waals surface area contributed by atoms with Crippen molar-refractivity contribution in [2.75, 3.05) is 5.32 Å². The molecular formula is C25H18N2O3S. The molecule has 0 aliphatic rings. The van der Waals surface area contributed by atoms with Crippen molar-refractivity contribution < 1.29 is 14.7 Å². The lowest BCUT2D eigenvalue weighted by molar-refractivity contribution is 0.0697. The zero-order valence-corrected chi connectivity index (χ0v) is 17.2. The first-order chi connectivity index (χ1) is 15.1. The van der Waals surface area contributed by atoms with Crippen LogP contribution < -0.4 is 5.32 Å². The summed E-state index contributed by atoms with van der Waals surface area (Å²) in [5.41, 5.74) is 3.91. The molecule has 4 rings (SSSR count). The average Bonchev–Trinajstić information content (AvgIpc) is 3.28. The summed E-state index contributed by atoms with van der Waals surface area (Å²) in [7, 11) is 0. The van der Waals surface area contributed by atoms with Crippen molar-refractivity contribution in [3.05, 3.63) is 106 Å². The maximum atomic E-state index is 12.5. The smallest absolute Gasteiger partial charge is 0.335 e. The highest BCUT2D eigenvalue weighted by molar-refractivity contribution is 7.10. The summed E-state index contributed by atoms with van der Waals surface area (Å²) >= 11 is 1.56. The SMILES string of the molecule is O=C(O)c1cccc(C(=O)Nc2cccc(/C=C/c3nc(-c4ccccc4)cs3)c2)c1. The van der Waals surface area contributed by atoms with Crippen molar-refractivity contribution in [3.63, 3.8) is 0 Å². The molecule has 0 bridgehead atoms. The summed E-state index contributed by atoms with van der Waals surface area (Å²) < 4.78 is 0. The van der Waals surface area contributed by atoms with E-state index in [4.69, 9.17) is 5.11 Å². The van der Waals surface area contributed by atoms with Gasteiger partial charge in [0, 0.05) is 22.2 Å². The third-order valence-electron chi connectivity index (χ3n) is 4.53. The summed E-state index contributed by atoms with van der Waals surface area (Å²) in [6.07, 6.45) is 3.88. The monoisotopic (exact) mass is 426 g/mol. The number of hydrogen-bond acceptors (Lipinski definition) is 4. The molecule has 31 heavy (non-hydrogen) atoms. The van der Waals surface area contributed by atoms with Crippen LogP contribution in [0.25, 0.3) is 23.4 Å². The second kappa shape index (κ2) is 9.19. The van der Waals surface area contributed by atoms with E-state index in [-0.39, 0.29) is 17.0 Å². The van der Waals surface area contributed by atoms with Gasteiger partial charge in [0.15, 0.2) is 0 Å². The Kier molecular flexibility index (Phi) is 6.01. The molecule has 3 aromatic carbocycles. The standard InChI is InChI=1S/C25H18N2O3S/c28-24(19-9-5-10-20(15-19)25(29)30)26-21-11-4-6-17(14-21)12-13-23-27-22(16-31-23)18-7-2-1-3-8-18/h1-16H,(H,26,28)(H,29,30)/b13-12+. The van der Waals surface area contributed by atoms with Crippen LogP contribution in [-0.4, -0.2) is 22.0 Å². The summed E-state index contributed by atoms with van der Waals surface area (Å²) in [5.74, 6) is -1.43. The maximum absolute atomic E-state index is 12.5. The number of benzene rings is 3. The Labute approximate surface area is 183 Å². The van der Waals surface area contributed by atoms with Crippen LogP contribution in [0.3, 0.4) is 0 Å². The Morgan fingerprint density at radius 1 is 0.871 bits per heavy atom.